The number of likely N-dealkylation sites (tertiary alicyclic amines) is 1. The Morgan fingerprint density at radius 1 is 1.00 bits per heavy atom. The summed E-state index contributed by atoms with van der Waals surface area (Å²) in [5.41, 5.74) is 1.78. The lowest BCUT2D eigenvalue weighted by Crippen LogP contribution is -2.45. The first kappa shape index (κ1) is 24.3. The first-order valence-electron chi connectivity index (χ1n) is 11.2. The lowest BCUT2D eigenvalue weighted by Gasteiger charge is -2.32. The summed E-state index contributed by atoms with van der Waals surface area (Å²) in [7, 11) is 3.52. The number of hydrogen-bond acceptors (Lipinski definition) is 5. The molecule has 8 nitrogen and oxygen atoms in total. The third-order valence-corrected chi connectivity index (χ3v) is 5.52. The molecule has 1 saturated heterocycles. The van der Waals surface area contributed by atoms with Gasteiger partial charge in [-0.05, 0) is 74.8 Å². The van der Waals surface area contributed by atoms with Gasteiger partial charge in [-0.2, -0.15) is 0 Å². The van der Waals surface area contributed by atoms with Gasteiger partial charge in [-0.15, -0.1) is 0 Å². The van der Waals surface area contributed by atoms with Crippen molar-refractivity contribution < 1.29 is 19.1 Å². The average molecular weight is 453 g/mol. The lowest BCUT2D eigenvalue weighted by atomic mass is 9.97. The Kier molecular flexibility index (Phi) is 8.43. The SMILES string of the molecule is CCOc1ccc(NC(=O)c2ccc(NC(=O)CN3CCCC(C(=O)N(C)C)C3)cc2)cc1. The number of anilines is 2. The maximum absolute atomic E-state index is 12.5. The predicted molar refractivity (Wildman–Crippen MR) is 128 cm³/mol. The quantitative estimate of drug-likeness (QED) is 0.642. The molecule has 0 aliphatic carbocycles. The van der Waals surface area contributed by atoms with Gasteiger partial charge in [0.1, 0.15) is 5.75 Å². The molecule has 2 aromatic rings. The predicted octanol–water partition coefficient (Wildman–Crippen LogP) is 3.08. The smallest absolute Gasteiger partial charge is 0.255 e. The molecule has 0 bridgehead atoms. The van der Waals surface area contributed by atoms with Crippen molar-refractivity contribution in [1.82, 2.24) is 9.80 Å². The highest BCUT2D eigenvalue weighted by molar-refractivity contribution is 6.04. The molecular formula is C25H32N4O4. The van der Waals surface area contributed by atoms with E-state index in [1.165, 1.54) is 0 Å². The second kappa shape index (κ2) is 11.5. The topological polar surface area (TPSA) is 91.0 Å². The third kappa shape index (κ3) is 7.05. The van der Waals surface area contributed by atoms with Gasteiger partial charge >= 0.3 is 0 Å². The molecular weight excluding hydrogens is 420 g/mol. The zero-order valence-corrected chi connectivity index (χ0v) is 19.5. The molecule has 3 rings (SSSR count). The molecule has 1 aliphatic heterocycles. The molecule has 0 spiro atoms. The monoisotopic (exact) mass is 452 g/mol. The van der Waals surface area contributed by atoms with Crippen LogP contribution in [0, 0.1) is 5.92 Å². The normalized spacial score (nSPS) is 16.0. The van der Waals surface area contributed by atoms with E-state index in [-0.39, 0.29) is 30.2 Å². The number of carbonyl (C=O) groups excluding carboxylic acids is 3. The van der Waals surface area contributed by atoms with Gasteiger partial charge in [-0.1, -0.05) is 0 Å². The van der Waals surface area contributed by atoms with Crippen molar-refractivity contribution in [3.05, 3.63) is 54.1 Å². The number of ether oxygens (including phenoxy) is 1. The van der Waals surface area contributed by atoms with E-state index in [1.807, 2.05) is 11.8 Å². The van der Waals surface area contributed by atoms with Crippen molar-refractivity contribution in [2.24, 2.45) is 5.92 Å². The minimum Gasteiger partial charge on any atom is -0.494 e. The second-order valence-electron chi connectivity index (χ2n) is 8.34. The van der Waals surface area contributed by atoms with E-state index >= 15 is 0 Å². The Hall–Kier alpha value is -3.39. The van der Waals surface area contributed by atoms with E-state index in [1.54, 1.807) is 67.5 Å². The van der Waals surface area contributed by atoms with Crippen LogP contribution in [0.3, 0.4) is 0 Å². The van der Waals surface area contributed by atoms with Crippen molar-refractivity contribution >= 4 is 29.1 Å². The molecule has 3 amide bonds. The van der Waals surface area contributed by atoms with Crippen molar-refractivity contribution in [3.63, 3.8) is 0 Å². The van der Waals surface area contributed by atoms with Crippen molar-refractivity contribution in [2.75, 3.05) is 51.0 Å². The lowest BCUT2D eigenvalue weighted by molar-refractivity contribution is -0.135. The molecule has 1 heterocycles. The van der Waals surface area contributed by atoms with Crippen LogP contribution in [0.25, 0.3) is 0 Å². The van der Waals surface area contributed by atoms with Crippen LogP contribution in [0.1, 0.15) is 30.1 Å². The molecule has 1 aliphatic rings. The van der Waals surface area contributed by atoms with E-state index in [9.17, 15) is 14.4 Å². The molecule has 2 aromatic carbocycles. The molecule has 33 heavy (non-hydrogen) atoms. The largest absolute Gasteiger partial charge is 0.494 e. The van der Waals surface area contributed by atoms with Crippen molar-refractivity contribution in [2.45, 2.75) is 19.8 Å². The van der Waals surface area contributed by atoms with Crippen LogP contribution in [0.5, 0.6) is 5.75 Å². The molecule has 1 fully saturated rings. The number of hydrogen-bond donors (Lipinski definition) is 2. The van der Waals surface area contributed by atoms with Crippen LogP contribution < -0.4 is 15.4 Å². The fourth-order valence-corrected chi connectivity index (χ4v) is 3.88. The molecule has 176 valence electrons. The summed E-state index contributed by atoms with van der Waals surface area (Å²) in [5.74, 6) is 0.426. The Balaban J connectivity index is 1.49. The van der Waals surface area contributed by atoms with Crippen LogP contribution in [0.15, 0.2) is 48.5 Å². The molecule has 8 heteroatoms. The summed E-state index contributed by atoms with van der Waals surface area (Å²) in [4.78, 5) is 40.8. The van der Waals surface area contributed by atoms with Gasteiger partial charge in [0.05, 0.1) is 19.1 Å². The molecule has 0 radical (unpaired) electrons. The average Bonchev–Trinajstić information content (AvgIpc) is 2.80. The highest BCUT2D eigenvalue weighted by Crippen LogP contribution is 2.19. The van der Waals surface area contributed by atoms with Crippen molar-refractivity contribution in [3.8, 4) is 5.75 Å². The molecule has 0 saturated carbocycles. The minimum absolute atomic E-state index is 0.0604. The van der Waals surface area contributed by atoms with Gasteiger partial charge in [0.2, 0.25) is 11.8 Å². The van der Waals surface area contributed by atoms with E-state index in [2.05, 4.69) is 10.6 Å². The van der Waals surface area contributed by atoms with Crippen LogP contribution in [0.4, 0.5) is 11.4 Å². The summed E-state index contributed by atoms with van der Waals surface area (Å²) >= 11 is 0. The number of piperidine rings is 1. The number of amides is 3. The maximum atomic E-state index is 12.5. The Labute approximate surface area is 194 Å². The standard InChI is InChI=1S/C25H32N4O4/c1-4-33-22-13-11-21(12-14-22)27-24(31)18-7-9-20(10-8-18)26-23(30)17-29-15-5-6-19(16-29)25(32)28(2)3/h7-14,19H,4-6,15-17H2,1-3H3,(H,26,30)(H,27,31). The Morgan fingerprint density at radius 2 is 1.64 bits per heavy atom. The number of rotatable bonds is 8. The minimum atomic E-state index is -0.234. The number of nitrogens with zero attached hydrogens (tertiary/aromatic N) is 2. The van der Waals surface area contributed by atoms with Gasteiger partial charge in [-0.25, -0.2) is 0 Å². The first-order valence-corrected chi connectivity index (χ1v) is 11.2. The van der Waals surface area contributed by atoms with E-state index in [0.717, 1.165) is 25.1 Å². The third-order valence-electron chi connectivity index (χ3n) is 5.52. The maximum Gasteiger partial charge on any atom is 0.255 e. The molecule has 1 atom stereocenters. The van der Waals surface area contributed by atoms with Crippen molar-refractivity contribution in [1.29, 1.82) is 0 Å². The van der Waals surface area contributed by atoms with Crippen LogP contribution >= 0.6 is 0 Å². The van der Waals surface area contributed by atoms with Gasteiger partial charge in [-0.3, -0.25) is 19.3 Å². The van der Waals surface area contributed by atoms with Gasteiger partial charge in [0.25, 0.3) is 5.91 Å². The highest BCUT2D eigenvalue weighted by Gasteiger charge is 2.27. The van der Waals surface area contributed by atoms with Gasteiger partial charge in [0.15, 0.2) is 0 Å². The fraction of sp³-hybridized carbons (Fsp3) is 0.400. The first-order chi connectivity index (χ1) is 15.9. The fourth-order valence-electron chi connectivity index (χ4n) is 3.88. The molecule has 0 aromatic heterocycles. The van der Waals surface area contributed by atoms with E-state index in [0.29, 0.717) is 30.1 Å². The summed E-state index contributed by atoms with van der Waals surface area (Å²) in [6, 6.07) is 13.9. The zero-order chi connectivity index (χ0) is 23.8. The highest BCUT2D eigenvalue weighted by atomic mass is 16.5. The summed E-state index contributed by atoms with van der Waals surface area (Å²) in [6.45, 7) is 4.13. The number of benzene rings is 2. The van der Waals surface area contributed by atoms with Crippen LogP contribution in [-0.4, -0.2) is 67.9 Å². The Morgan fingerprint density at radius 3 is 2.27 bits per heavy atom. The second-order valence-corrected chi connectivity index (χ2v) is 8.34. The van der Waals surface area contributed by atoms with Gasteiger partial charge in [0, 0.05) is 37.6 Å². The number of carbonyl (C=O) groups is 3. The summed E-state index contributed by atoms with van der Waals surface area (Å²) in [6.07, 6.45) is 1.75. The van der Waals surface area contributed by atoms with Gasteiger partial charge < -0.3 is 20.3 Å². The molecule has 1 unspecified atom stereocenters. The van der Waals surface area contributed by atoms with Crippen LogP contribution in [-0.2, 0) is 9.59 Å². The molecule has 2 N–H and O–H groups in total. The van der Waals surface area contributed by atoms with Crippen LogP contribution in [0.2, 0.25) is 0 Å². The zero-order valence-electron chi connectivity index (χ0n) is 19.5. The van der Waals surface area contributed by atoms with E-state index in [4.69, 9.17) is 4.74 Å². The number of nitrogens with one attached hydrogen (secondary N) is 2. The Bertz CT molecular complexity index is 957. The summed E-state index contributed by atoms with van der Waals surface area (Å²) in [5, 5.41) is 5.71. The summed E-state index contributed by atoms with van der Waals surface area (Å²) < 4.78 is 5.40. The van der Waals surface area contributed by atoms with E-state index < -0.39 is 0 Å².